The van der Waals surface area contributed by atoms with Crippen LogP contribution in [0.2, 0.25) is 10.0 Å². The van der Waals surface area contributed by atoms with Crippen molar-refractivity contribution in [2.75, 3.05) is 19.6 Å². The molecule has 2 heterocycles. The molecule has 0 radical (unpaired) electrons. The summed E-state index contributed by atoms with van der Waals surface area (Å²) in [7, 11) is 0. The van der Waals surface area contributed by atoms with Crippen molar-refractivity contribution in [3.63, 3.8) is 0 Å². The topological polar surface area (TPSA) is 81.8 Å². The van der Waals surface area contributed by atoms with E-state index in [1.165, 1.54) is 9.80 Å². The summed E-state index contributed by atoms with van der Waals surface area (Å²) in [4.78, 5) is 43.0. The third-order valence-corrected chi connectivity index (χ3v) is 7.60. The fourth-order valence-electron chi connectivity index (χ4n) is 5.18. The Labute approximate surface area is 237 Å². The fraction of sp³-hybridized carbons (Fsp3) is 0.233. The summed E-state index contributed by atoms with van der Waals surface area (Å²) < 4.78 is 0. The van der Waals surface area contributed by atoms with Crippen LogP contribution in [0.15, 0.2) is 90.1 Å². The van der Waals surface area contributed by atoms with Gasteiger partial charge in [-0.15, -0.1) is 0 Å². The number of urea groups is 1. The summed E-state index contributed by atoms with van der Waals surface area (Å²) in [6, 6.07) is 23.3. The van der Waals surface area contributed by atoms with E-state index in [1.807, 2.05) is 67.6 Å². The van der Waals surface area contributed by atoms with Crippen molar-refractivity contribution in [1.29, 1.82) is 0 Å². The van der Waals surface area contributed by atoms with Gasteiger partial charge in [-0.2, -0.15) is 0 Å². The minimum Gasteiger partial charge on any atom is -0.347 e. The number of carbonyl (C=O) groups is 3. The first-order valence-electron chi connectivity index (χ1n) is 12.8. The lowest BCUT2D eigenvalue weighted by Gasteiger charge is -2.33. The van der Waals surface area contributed by atoms with Crippen LogP contribution in [-0.2, 0) is 16.0 Å². The number of hydrogen-bond donors (Lipinski definition) is 2. The van der Waals surface area contributed by atoms with Crippen molar-refractivity contribution in [2.24, 2.45) is 0 Å². The number of benzene rings is 3. The second kappa shape index (κ2) is 11.5. The summed E-state index contributed by atoms with van der Waals surface area (Å²) in [5, 5.41) is 6.82. The Morgan fingerprint density at radius 1 is 1.03 bits per heavy atom. The van der Waals surface area contributed by atoms with Gasteiger partial charge in [-0.3, -0.25) is 14.5 Å². The van der Waals surface area contributed by atoms with Crippen LogP contribution >= 0.6 is 23.2 Å². The quantitative estimate of drug-likeness (QED) is 0.392. The summed E-state index contributed by atoms with van der Waals surface area (Å²) in [5.74, 6) is -0.592. The standard InChI is InChI=1S/C30H28Cl2N4O3/c1-2-36-25-17-35(29(38)27(25)28(34-30(36)39)22-14-13-21(31)16-23(22)32)18-26(37)33-24(20-11-7-4-8-12-20)15-19-9-5-3-6-10-19/h3-14,16,24,28H,2,15,17-18H2,1H3,(H,33,37)(H,34,39)/t24-,28+/m0/s1. The van der Waals surface area contributed by atoms with Gasteiger partial charge in [-0.25, -0.2) is 4.79 Å². The highest BCUT2D eigenvalue weighted by Crippen LogP contribution is 2.39. The molecule has 2 aliphatic heterocycles. The molecule has 0 spiro atoms. The molecule has 0 saturated heterocycles. The number of amides is 4. The van der Waals surface area contributed by atoms with Gasteiger partial charge < -0.3 is 15.5 Å². The smallest absolute Gasteiger partial charge is 0.322 e. The van der Waals surface area contributed by atoms with Crippen molar-refractivity contribution in [3.05, 3.63) is 117 Å². The zero-order valence-electron chi connectivity index (χ0n) is 21.4. The highest BCUT2D eigenvalue weighted by atomic mass is 35.5. The number of halogens is 2. The number of nitrogens with zero attached hydrogens (tertiary/aromatic N) is 2. The third kappa shape index (κ3) is 5.65. The van der Waals surface area contributed by atoms with Crippen LogP contribution in [-0.4, -0.2) is 47.3 Å². The minimum absolute atomic E-state index is 0.142. The predicted molar refractivity (Wildman–Crippen MR) is 151 cm³/mol. The van der Waals surface area contributed by atoms with E-state index in [0.717, 1.165) is 11.1 Å². The van der Waals surface area contributed by atoms with Crippen molar-refractivity contribution in [1.82, 2.24) is 20.4 Å². The minimum atomic E-state index is -0.740. The van der Waals surface area contributed by atoms with Crippen LogP contribution in [0.5, 0.6) is 0 Å². The van der Waals surface area contributed by atoms with Gasteiger partial charge in [0.1, 0.15) is 6.54 Å². The van der Waals surface area contributed by atoms with E-state index in [1.54, 1.807) is 18.2 Å². The molecule has 0 fully saturated rings. The third-order valence-electron chi connectivity index (χ3n) is 7.04. The Bertz CT molecular complexity index is 1430. The molecule has 2 atom stereocenters. The molecule has 2 aliphatic rings. The molecular formula is C30H28Cl2N4O3. The first-order chi connectivity index (χ1) is 18.9. The van der Waals surface area contributed by atoms with E-state index in [0.29, 0.717) is 39.8 Å². The highest BCUT2D eigenvalue weighted by Gasteiger charge is 2.44. The van der Waals surface area contributed by atoms with Gasteiger partial charge in [-0.05, 0) is 42.2 Å². The second-order valence-corrected chi connectivity index (χ2v) is 10.4. The Hall–Kier alpha value is -3.81. The first-order valence-corrected chi connectivity index (χ1v) is 13.5. The molecule has 7 nitrogen and oxygen atoms in total. The molecule has 0 saturated carbocycles. The lowest BCUT2D eigenvalue weighted by Crippen LogP contribution is -2.47. The van der Waals surface area contributed by atoms with Gasteiger partial charge in [0.25, 0.3) is 5.91 Å². The Balaban J connectivity index is 1.37. The average Bonchev–Trinajstić information content (AvgIpc) is 3.24. The van der Waals surface area contributed by atoms with Crippen molar-refractivity contribution in [2.45, 2.75) is 25.4 Å². The van der Waals surface area contributed by atoms with Crippen molar-refractivity contribution in [3.8, 4) is 0 Å². The van der Waals surface area contributed by atoms with E-state index < -0.39 is 6.04 Å². The summed E-state index contributed by atoms with van der Waals surface area (Å²) in [6.45, 7) is 2.23. The number of rotatable bonds is 8. The largest absolute Gasteiger partial charge is 0.347 e. The Morgan fingerprint density at radius 3 is 2.38 bits per heavy atom. The molecule has 4 amide bonds. The van der Waals surface area contributed by atoms with Gasteiger partial charge in [0, 0.05) is 16.6 Å². The second-order valence-electron chi connectivity index (χ2n) is 9.53. The molecular weight excluding hydrogens is 535 g/mol. The zero-order valence-corrected chi connectivity index (χ0v) is 22.9. The van der Waals surface area contributed by atoms with Crippen molar-refractivity contribution < 1.29 is 14.4 Å². The van der Waals surface area contributed by atoms with Crippen LogP contribution in [0.25, 0.3) is 0 Å². The molecule has 200 valence electrons. The SMILES string of the molecule is CCN1C(=O)N[C@H](c2ccc(Cl)cc2Cl)C2=C1CN(CC(=O)N[C@@H](Cc1ccccc1)c1ccccc1)C2=O. The van der Waals surface area contributed by atoms with E-state index in [2.05, 4.69) is 10.6 Å². The molecule has 0 bridgehead atoms. The Kier molecular flexibility index (Phi) is 7.91. The molecule has 2 N–H and O–H groups in total. The highest BCUT2D eigenvalue weighted by molar-refractivity contribution is 6.35. The molecule has 0 aromatic heterocycles. The lowest BCUT2D eigenvalue weighted by atomic mass is 9.95. The fourth-order valence-corrected chi connectivity index (χ4v) is 5.70. The van der Waals surface area contributed by atoms with Gasteiger partial charge in [-0.1, -0.05) is 89.9 Å². The number of likely N-dealkylation sites (N-methyl/N-ethyl adjacent to an activating group) is 1. The lowest BCUT2D eigenvalue weighted by molar-refractivity contribution is -0.132. The monoisotopic (exact) mass is 562 g/mol. The maximum atomic E-state index is 13.7. The van der Waals surface area contributed by atoms with Gasteiger partial charge in [0.2, 0.25) is 5.91 Å². The van der Waals surface area contributed by atoms with E-state index >= 15 is 0 Å². The summed E-state index contributed by atoms with van der Waals surface area (Å²) in [6.07, 6.45) is 0.610. The summed E-state index contributed by atoms with van der Waals surface area (Å²) in [5.41, 5.74) is 3.64. The molecule has 5 rings (SSSR count). The Morgan fingerprint density at radius 2 is 1.72 bits per heavy atom. The predicted octanol–water partition coefficient (Wildman–Crippen LogP) is 5.28. The summed E-state index contributed by atoms with van der Waals surface area (Å²) >= 11 is 12.5. The molecule has 0 unspecified atom stereocenters. The maximum Gasteiger partial charge on any atom is 0.322 e. The van der Waals surface area contributed by atoms with E-state index in [9.17, 15) is 14.4 Å². The van der Waals surface area contributed by atoms with Gasteiger partial charge in [0.05, 0.1) is 29.9 Å². The van der Waals surface area contributed by atoms with Crippen LogP contribution in [0.1, 0.15) is 35.7 Å². The maximum absolute atomic E-state index is 13.7. The molecule has 9 heteroatoms. The van der Waals surface area contributed by atoms with E-state index in [-0.39, 0.29) is 37.0 Å². The molecule has 39 heavy (non-hydrogen) atoms. The zero-order chi connectivity index (χ0) is 27.5. The number of hydrogen-bond acceptors (Lipinski definition) is 3. The average molecular weight is 563 g/mol. The van der Waals surface area contributed by atoms with Gasteiger partial charge >= 0.3 is 6.03 Å². The first kappa shape index (κ1) is 26.8. The number of nitrogens with one attached hydrogen (secondary N) is 2. The molecule has 0 aliphatic carbocycles. The van der Waals surface area contributed by atoms with Crippen LogP contribution in [0.3, 0.4) is 0 Å². The normalized spacial score (nSPS) is 17.7. The van der Waals surface area contributed by atoms with Gasteiger partial charge in [0.15, 0.2) is 0 Å². The van der Waals surface area contributed by atoms with Crippen LogP contribution in [0, 0.1) is 0 Å². The molecule has 3 aromatic rings. The van der Waals surface area contributed by atoms with E-state index in [4.69, 9.17) is 23.2 Å². The number of carbonyl (C=O) groups excluding carboxylic acids is 3. The van der Waals surface area contributed by atoms with Crippen LogP contribution < -0.4 is 10.6 Å². The van der Waals surface area contributed by atoms with Crippen molar-refractivity contribution >= 4 is 41.0 Å². The molecule has 3 aromatic carbocycles. The van der Waals surface area contributed by atoms with Crippen LogP contribution in [0.4, 0.5) is 4.79 Å².